The zero-order valence-electron chi connectivity index (χ0n) is 29.0. The number of nitrogens with zero attached hydrogens (tertiary/aromatic N) is 10. The van der Waals surface area contributed by atoms with Crippen LogP contribution in [0.3, 0.4) is 0 Å². The van der Waals surface area contributed by atoms with E-state index in [1.807, 2.05) is 0 Å². The molecule has 2 spiro atoms. The predicted molar refractivity (Wildman–Crippen MR) is 197 cm³/mol. The first kappa shape index (κ1) is 24.6. The highest BCUT2D eigenvalue weighted by molar-refractivity contribution is 6.18. The Morgan fingerprint density at radius 1 is 0.268 bits per heavy atom. The molecule has 0 fully saturated rings. The van der Waals surface area contributed by atoms with E-state index in [9.17, 15) is 0 Å². The van der Waals surface area contributed by atoms with Crippen LogP contribution in [0.25, 0.3) is 134 Å². The highest BCUT2D eigenvalue weighted by atomic mass is 15.7. The zero-order chi connectivity index (χ0) is 35.0. The Bertz CT molecular complexity index is 3920. The first-order valence-electron chi connectivity index (χ1n) is 19.4. The van der Waals surface area contributed by atoms with Gasteiger partial charge in [-0.3, -0.25) is 0 Å². The molecule has 7 aromatic heterocycles. The molecule has 11 aromatic rings. The molecule has 10 nitrogen and oxygen atoms in total. The highest BCUT2D eigenvalue weighted by Crippen LogP contribution is 2.50. The molecule has 0 aliphatic carbocycles. The largest absolute Gasteiger partial charge is 0.772 e. The minimum atomic E-state index is -0.803. The van der Waals surface area contributed by atoms with Crippen molar-refractivity contribution in [3.8, 4) is 67.8 Å². The Labute approximate surface area is 312 Å². The zero-order valence-corrected chi connectivity index (χ0v) is 29.0. The average molecular weight is 713 g/mol. The second-order valence-corrected chi connectivity index (χ2v) is 16.6. The lowest BCUT2D eigenvalue weighted by Gasteiger charge is -2.20. The van der Waals surface area contributed by atoms with E-state index in [0.29, 0.717) is 0 Å². The number of pyridine rings is 4. The summed E-state index contributed by atoms with van der Waals surface area (Å²) in [4.78, 5) is 11.5. The Hall–Kier alpha value is -7.72. The SMILES string of the molecule is c1cc2[n+]3c(c1)-c1cccc4[n+]1[C@]31[n+]3c5c-2cccc5nc2c5nc6cccc7c6[n+]6c5c5c(c23)[n+]1c1c-4ccc2c1[n+]5[C@@]61[n+]3c-7cccc3-c3cccc-2[n+]31. The third kappa shape index (κ3) is 1.80. The lowest BCUT2D eigenvalue weighted by molar-refractivity contribution is -1.29. The summed E-state index contributed by atoms with van der Waals surface area (Å²) >= 11 is 0. The Morgan fingerprint density at radius 2 is 0.589 bits per heavy atom. The fraction of sp³-hybridized carbons (Fsp3) is 0.0435. The van der Waals surface area contributed by atoms with Gasteiger partial charge in [0.1, 0.15) is 33.3 Å². The highest BCUT2D eigenvalue weighted by Gasteiger charge is 2.93. The molecule has 8 aliphatic rings. The lowest BCUT2D eigenvalue weighted by atomic mass is 9.96. The normalized spacial score (nSPS) is 20.3. The van der Waals surface area contributed by atoms with E-state index in [2.05, 4.69) is 158 Å². The van der Waals surface area contributed by atoms with Gasteiger partial charge in [-0.15, -0.1) is 0 Å². The van der Waals surface area contributed by atoms with E-state index >= 15 is 0 Å². The first-order valence-corrected chi connectivity index (χ1v) is 19.4. The summed E-state index contributed by atoms with van der Waals surface area (Å²) in [6.07, 6.45) is 0. The molecule has 8 aliphatic heterocycles. The molecule has 0 unspecified atom stereocenters. The van der Waals surface area contributed by atoms with Crippen LogP contribution < -0.4 is 36.5 Å². The number of rotatable bonds is 0. The summed E-state index contributed by atoms with van der Waals surface area (Å²) in [6, 6.07) is 45.6. The number of fused-ring (bicyclic) bond motifs is 7. The van der Waals surface area contributed by atoms with E-state index in [1.54, 1.807) is 0 Å². The third-order valence-electron chi connectivity index (χ3n) is 14.8. The standard InChI is InChI=1S/C46H20N10/c1-7-21-27-11-3-15-31-33-17-5-13-29-23-19-20-24-30-14-6-18-34-32-16-4-12-28-22-8-2-10-26-38(22)54-42-36(48-26)35-41-43-44(42)56(46(54,50(28)32)52(30)34)40(24)39(23)55(43)45(49(27)31,51(29)33)53(41)37(21)25(9-1)47-35/h1-20H/q+8/t45-,46+. The fourth-order valence-electron chi connectivity index (χ4n) is 13.4. The summed E-state index contributed by atoms with van der Waals surface area (Å²) in [6.45, 7) is 0. The fourth-order valence-corrected chi connectivity index (χ4v) is 13.4. The Morgan fingerprint density at radius 3 is 0.982 bits per heavy atom. The van der Waals surface area contributed by atoms with Crippen LogP contribution in [0, 0.1) is 0 Å². The second kappa shape index (κ2) is 6.77. The number of aromatic nitrogens is 10. The summed E-state index contributed by atoms with van der Waals surface area (Å²) in [5.74, 6) is -1.61. The van der Waals surface area contributed by atoms with Crippen molar-refractivity contribution in [1.29, 1.82) is 0 Å². The van der Waals surface area contributed by atoms with Gasteiger partial charge in [-0.05, 0) is 60.7 Å². The van der Waals surface area contributed by atoms with Gasteiger partial charge in [0.2, 0.25) is 22.8 Å². The molecule has 10 heteroatoms. The van der Waals surface area contributed by atoms with Gasteiger partial charge in [0.15, 0.2) is 11.0 Å². The molecule has 0 bridgehead atoms. The van der Waals surface area contributed by atoms with Crippen molar-refractivity contribution in [2.45, 2.75) is 11.8 Å². The second-order valence-electron chi connectivity index (χ2n) is 16.6. The van der Waals surface area contributed by atoms with Crippen LogP contribution in [-0.2, 0) is 11.8 Å². The molecule has 2 atom stereocenters. The molecule has 0 amide bonds. The van der Waals surface area contributed by atoms with Crippen molar-refractivity contribution in [3.63, 3.8) is 0 Å². The molecule has 4 aromatic carbocycles. The third-order valence-corrected chi connectivity index (χ3v) is 14.8. The van der Waals surface area contributed by atoms with Gasteiger partial charge in [-0.1, -0.05) is 12.1 Å². The molecule has 0 saturated carbocycles. The first-order chi connectivity index (χ1) is 27.8. The quantitative estimate of drug-likeness (QED) is 0.138. The average Bonchev–Trinajstić information content (AvgIpc) is 3.95. The maximum absolute atomic E-state index is 5.73. The smallest absolute Gasteiger partial charge is 0.232 e. The molecular formula is C46H20N10+8. The molecule has 15 heterocycles. The van der Waals surface area contributed by atoms with Crippen LogP contribution in [0.15, 0.2) is 121 Å². The molecule has 246 valence electrons. The Balaban J connectivity index is 1.26. The van der Waals surface area contributed by atoms with E-state index < -0.39 is 11.8 Å². The van der Waals surface area contributed by atoms with Gasteiger partial charge < -0.3 is 0 Å². The van der Waals surface area contributed by atoms with Gasteiger partial charge in [-0.25, -0.2) is 9.97 Å². The molecule has 0 saturated heterocycles. The molecule has 56 heavy (non-hydrogen) atoms. The maximum atomic E-state index is 5.73. The maximum Gasteiger partial charge on any atom is 0.772 e. The van der Waals surface area contributed by atoms with E-state index in [1.165, 1.54) is 89.9 Å². The Kier molecular flexibility index (Phi) is 2.97. The minimum absolute atomic E-state index is 0.803. The summed E-state index contributed by atoms with van der Waals surface area (Å²) in [7, 11) is 0. The molecule has 0 radical (unpaired) electrons. The lowest BCUT2D eigenvalue weighted by Crippen LogP contribution is -2.98. The number of para-hydroxylation sites is 2. The minimum Gasteiger partial charge on any atom is -0.232 e. The van der Waals surface area contributed by atoms with Gasteiger partial charge in [0.05, 0.1) is 0 Å². The van der Waals surface area contributed by atoms with Gasteiger partial charge in [0.25, 0.3) is 33.8 Å². The molecular weight excluding hydrogens is 693 g/mol. The van der Waals surface area contributed by atoms with E-state index in [0.717, 1.165) is 44.1 Å². The monoisotopic (exact) mass is 712 g/mol. The van der Waals surface area contributed by atoms with Crippen LogP contribution >= 0.6 is 0 Å². The van der Waals surface area contributed by atoms with Crippen molar-refractivity contribution in [1.82, 2.24) is 9.97 Å². The van der Waals surface area contributed by atoms with Gasteiger partial charge in [0, 0.05) is 85.1 Å². The van der Waals surface area contributed by atoms with Crippen LogP contribution in [0.1, 0.15) is 0 Å². The molecule has 19 rings (SSSR count). The van der Waals surface area contributed by atoms with E-state index in [4.69, 9.17) is 9.97 Å². The van der Waals surface area contributed by atoms with Gasteiger partial charge in [-0.2, -0.15) is 0 Å². The van der Waals surface area contributed by atoms with Crippen LogP contribution in [0.2, 0.25) is 0 Å². The summed E-state index contributed by atoms with van der Waals surface area (Å²) in [5, 5.41) is 0. The number of hydrogen-bond donors (Lipinski definition) is 0. The predicted octanol–water partition coefficient (Wildman–Crippen LogP) is 2.63. The van der Waals surface area contributed by atoms with Crippen molar-refractivity contribution in [3.05, 3.63) is 121 Å². The number of hydrogen-bond acceptors (Lipinski definition) is 2. The van der Waals surface area contributed by atoms with Crippen molar-refractivity contribution >= 4 is 66.2 Å². The van der Waals surface area contributed by atoms with Crippen molar-refractivity contribution < 1.29 is 36.5 Å². The topological polar surface area (TPSA) is 56.8 Å². The number of benzene rings is 4. The van der Waals surface area contributed by atoms with Crippen molar-refractivity contribution in [2.24, 2.45) is 0 Å². The van der Waals surface area contributed by atoms with Crippen LogP contribution in [-0.4, -0.2) is 9.97 Å². The van der Waals surface area contributed by atoms with E-state index in [-0.39, 0.29) is 0 Å². The van der Waals surface area contributed by atoms with Crippen LogP contribution in [0.5, 0.6) is 0 Å². The van der Waals surface area contributed by atoms with Gasteiger partial charge >= 0.3 is 44.9 Å². The van der Waals surface area contributed by atoms with Crippen molar-refractivity contribution in [2.75, 3.05) is 0 Å². The molecule has 0 N–H and O–H groups in total. The summed E-state index contributed by atoms with van der Waals surface area (Å²) in [5.41, 5.74) is 27.8. The summed E-state index contributed by atoms with van der Waals surface area (Å²) < 4.78 is 21.3. The van der Waals surface area contributed by atoms with Crippen LogP contribution in [0.4, 0.5) is 0 Å².